The largest absolute Gasteiger partial charge is 0.438 e. The van der Waals surface area contributed by atoms with Crippen molar-refractivity contribution in [1.29, 1.82) is 0 Å². The van der Waals surface area contributed by atoms with Crippen molar-refractivity contribution in [3.63, 3.8) is 0 Å². The standard InChI is InChI=1S/C11H10BrN3O2/c12-9-10(16)14-6-15-11(9)17-8-3-1-7(5-13)2-4-8/h1-4,6H,5,13H2,(H,14,15,16). The van der Waals surface area contributed by atoms with Gasteiger partial charge in [0, 0.05) is 6.54 Å². The predicted octanol–water partition coefficient (Wildman–Crippen LogP) is 1.78. The lowest BCUT2D eigenvalue weighted by Gasteiger charge is -2.06. The molecule has 0 amide bonds. The van der Waals surface area contributed by atoms with Crippen LogP contribution < -0.4 is 16.0 Å². The van der Waals surface area contributed by atoms with Crippen molar-refractivity contribution >= 4 is 15.9 Å². The fourth-order valence-corrected chi connectivity index (χ4v) is 1.54. The van der Waals surface area contributed by atoms with Gasteiger partial charge in [0.1, 0.15) is 10.2 Å². The normalized spacial score (nSPS) is 10.2. The van der Waals surface area contributed by atoms with Crippen molar-refractivity contribution in [3.05, 3.63) is 51.0 Å². The Labute approximate surface area is 106 Å². The van der Waals surface area contributed by atoms with Crippen LogP contribution in [-0.4, -0.2) is 9.97 Å². The summed E-state index contributed by atoms with van der Waals surface area (Å²) in [5, 5.41) is 0. The number of hydrogen-bond donors (Lipinski definition) is 2. The topological polar surface area (TPSA) is 81.0 Å². The number of nitrogens with two attached hydrogens (primary N) is 1. The van der Waals surface area contributed by atoms with Crippen LogP contribution >= 0.6 is 15.9 Å². The van der Waals surface area contributed by atoms with Crippen LogP contribution in [0.4, 0.5) is 0 Å². The molecule has 0 spiro atoms. The Morgan fingerprint density at radius 2 is 2.06 bits per heavy atom. The molecule has 0 saturated carbocycles. The molecule has 0 aliphatic carbocycles. The second-order valence-corrected chi connectivity index (χ2v) is 4.09. The number of rotatable bonds is 3. The van der Waals surface area contributed by atoms with Gasteiger partial charge in [-0.3, -0.25) is 4.79 Å². The highest BCUT2D eigenvalue weighted by Crippen LogP contribution is 2.24. The van der Waals surface area contributed by atoms with E-state index in [-0.39, 0.29) is 15.9 Å². The molecule has 0 aliphatic heterocycles. The summed E-state index contributed by atoms with van der Waals surface area (Å²) in [6.45, 7) is 0.479. The van der Waals surface area contributed by atoms with Gasteiger partial charge in [0.05, 0.1) is 6.33 Å². The summed E-state index contributed by atoms with van der Waals surface area (Å²) < 4.78 is 5.74. The van der Waals surface area contributed by atoms with Gasteiger partial charge in [-0.1, -0.05) is 12.1 Å². The van der Waals surface area contributed by atoms with Gasteiger partial charge in [0.15, 0.2) is 0 Å². The van der Waals surface area contributed by atoms with Crippen molar-refractivity contribution in [2.45, 2.75) is 6.54 Å². The van der Waals surface area contributed by atoms with E-state index in [4.69, 9.17) is 10.5 Å². The van der Waals surface area contributed by atoms with E-state index in [2.05, 4.69) is 25.9 Å². The zero-order valence-electron chi connectivity index (χ0n) is 8.81. The Hall–Kier alpha value is -1.66. The lowest BCUT2D eigenvalue weighted by Crippen LogP contribution is -2.08. The van der Waals surface area contributed by atoms with E-state index >= 15 is 0 Å². The number of ether oxygens (including phenoxy) is 1. The number of aromatic amines is 1. The van der Waals surface area contributed by atoms with E-state index in [1.165, 1.54) is 6.33 Å². The zero-order chi connectivity index (χ0) is 12.3. The summed E-state index contributed by atoms with van der Waals surface area (Å²) in [5.74, 6) is 0.829. The maximum Gasteiger partial charge on any atom is 0.268 e. The summed E-state index contributed by atoms with van der Waals surface area (Å²) in [6.07, 6.45) is 1.29. The lowest BCUT2D eigenvalue weighted by atomic mass is 10.2. The quantitative estimate of drug-likeness (QED) is 0.904. The van der Waals surface area contributed by atoms with E-state index in [9.17, 15) is 4.79 Å². The highest BCUT2D eigenvalue weighted by molar-refractivity contribution is 9.10. The minimum atomic E-state index is -0.284. The number of hydrogen-bond acceptors (Lipinski definition) is 4. The summed E-state index contributed by atoms with van der Waals surface area (Å²) in [4.78, 5) is 17.7. The van der Waals surface area contributed by atoms with Crippen LogP contribution in [0.5, 0.6) is 11.6 Å². The molecule has 2 rings (SSSR count). The first-order valence-corrected chi connectivity index (χ1v) is 5.70. The molecular formula is C11H10BrN3O2. The van der Waals surface area contributed by atoms with Crippen LogP contribution in [0.3, 0.4) is 0 Å². The van der Waals surface area contributed by atoms with E-state index in [0.29, 0.717) is 12.3 Å². The SMILES string of the molecule is NCc1ccc(Oc2nc[nH]c(=O)c2Br)cc1. The number of aromatic nitrogens is 2. The first kappa shape index (κ1) is 11.8. The van der Waals surface area contributed by atoms with Gasteiger partial charge in [0.25, 0.3) is 5.56 Å². The van der Waals surface area contributed by atoms with Gasteiger partial charge in [-0.05, 0) is 33.6 Å². The Bertz CT molecular complexity index is 566. The molecule has 5 nitrogen and oxygen atoms in total. The smallest absolute Gasteiger partial charge is 0.268 e. The summed E-state index contributed by atoms with van der Waals surface area (Å²) in [5.41, 5.74) is 6.22. The molecule has 0 aliphatic rings. The Morgan fingerprint density at radius 3 is 2.71 bits per heavy atom. The van der Waals surface area contributed by atoms with Crippen LogP contribution in [-0.2, 0) is 6.54 Å². The highest BCUT2D eigenvalue weighted by atomic mass is 79.9. The lowest BCUT2D eigenvalue weighted by molar-refractivity contribution is 0.456. The van der Waals surface area contributed by atoms with Gasteiger partial charge < -0.3 is 15.5 Å². The number of nitrogens with one attached hydrogen (secondary N) is 1. The van der Waals surface area contributed by atoms with E-state index in [0.717, 1.165) is 5.56 Å². The molecule has 88 valence electrons. The molecule has 1 aromatic heterocycles. The van der Waals surface area contributed by atoms with Gasteiger partial charge in [-0.25, -0.2) is 4.98 Å². The fourth-order valence-electron chi connectivity index (χ4n) is 1.24. The molecule has 0 radical (unpaired) electrons. The van der Waals surface area contributed by atoms with Crippen LogP contribution in [0.15, 0.2) is 39.9 Å². The first-order chi connectivity index (χ1) is 8.20. The summed E-state index contributed by atoms with van der Waals surface area (Å²) >= 11 is 3.11. The molecule has 1 aromatic carbocycles. The Balaban J connectivity index is 2.25. The molecule has 6 heteroatoms. The average molecular weight is 296 g/mol. The molecule has 3 N–H and O–H groups in total. The van der Waals surface area contributed by atoms with Crippen molar-refractivity contribution in [1.82, 2.24) is 9.97 Å². The van der Waals surface area contributed by atoms with Gasteiger partial charge in [0.2, 0.25) is 5.88 Å². The van der Waals surface area contributed by atoms with E-state index in [1.807, 2.05) is 12.1 Å². The van der Waals surface area contributed by atoms with Crippen molar-refractivity contribution in [3.8, 4) is 11.6 Å². The Morgan fingerprint density at radius 1 is 1.35 bits per heavy atom. The third-order valence-electron chi connectivity index (χ3n) is 2.14. The molecule has 17 heavy (non-hydrogen) atoms. The van der Waals surface area contributed by atoms with Gasteiger partial charge in [-0.2, -0.15) is 0 Å². The highest BCUT2D eigenvalue weighted by Gasteiger charge is 2.07. The Kier molecular flexibility index (Phi) is 3.55. The van der Waals surface area contributed by atoms with Crippen molar-refractivity contribution < 1.29 is 4.74 Å². The minimum absolute atomic E-state index is 0.231. The second-order valence-electron chi connectivity index (χ2n) is 3.30. The number of benzene rings is 1. The van der Waals surface area contributed by atoms with Crippen LogP contribution in [0.2, 0.25) is 0 Å². The molecule has 1 heterocycles. The molecule has 0 bridgehead atoms. The maximum atomic E-state index is 11.3. The third-order valence-corrected chi connectivity index (χ3v) is 2.84. The average Bonchev–Trinajstić information content (AvgIpc) is 2.36. The fraction of sp³-hybridized carbons (Fsp3) is 0.0909. The van der Waals surface area contributed by atoms with Crippen LogP contribution in [0, 0.1) is 0 Å². The van der Waals surface area contributed by atoms with Crippen molar-refractivity contribution in [2.75, 3.05) is 0 Å². The van der Waals surface area contributed by atoms with Crippen LogP contribution in [0.25, 0.3) is 0 Å². The van der Waals surface area contributed by atoms with E-state index < -0.39 is 0 Å². The van der Waals surface area contributed by atoms with E-state index in [1.54, 1.807) is 12.1 Å². The summed E-state index contributed by atoms with van der Waals surface area (Å²) in [7, 11) is 0. The molecule has 0 unspecified atom stereocenters. The number of nitrogens with zero attached hydrogens (tertiary/aromatic N) is 1. The summed E-state index contributed by atoms with van der Waals surface area (Å²) in [6, 6.07) is 7.27. The monoisotopic (exact) mass is 295 g/mol. The molecule has 0 saturated heterocycles. The first-order valence-electron chi connectivity index (χ1n) is 4.91. The van der Waals surface area contributed by atoms with Gasteiger partial charge >= 0.3 is 0 Å². The molecular weight excluding hydrogens is 286 g/mol. The zero-order valence-corrected chi connectivity index (χ0v) is 10.4. The van der Waals surface area contributed by atoms with Gasteiger partial charge in [-0.15, -0.1) is 0 Å². The minimum Gasteiger partial charge on any atom is -0.438 e. The van der Waals surface area contributed by atoms with Crippen molar-refractivity contribution in [2.24, 2.45) is 5.73 Å². The molecule has 0 fully saturated rings. The molecule has 0 atom stereocenters. The predicted molar refractivity (Wildman–Crippen MR) is 67.0 cm³/mol. The third kappa shape index (κ3) is 2.72. The number of H-pyrrole nitrogens is 1. The second kappa shape index (κ2) is 5.11. The number of halogens is 1. The van der Waals surface area contributed by atoms with Crippen LogP contribution in [0.1, 0.15) is 5.56 Å². The molecule has 2 aromatic rings. The maximum absolute atomic E-state index is 11.3.